The fraction of sp³-hybridized carbons (Fsp3) is 0.615. The van der Waals surface area contributed by atoms with Crippen molar-refractivity contribution in [2.75, 3.05) is 18.5 Å². The highest BCUT2D eigenvalue weighted by Crippen LogP contribution is 2.35. The second-order valence-electron chi connectivity index (χ2n) is 4.77. The zero-order valence-corrected chi connectivity index (χ0v) is 12.8. The molecule has 1 atom stereocenters. The number of rotatable bonds is 7. The number of aryl methyl sites for hydroxylation is 1. The molecule has 0 amide bonds. The van der Waals surface area contributed by atoms with Crippen molar-refractivity contribution >= 4 is 19.1 Å². The number of hydrogen-bond acceptors (Lipinski definition) is 4. The summed E-state index contributed by atoms with van der Waals surface area (Å²) in [5, 5.41) is 10.1. The molecule has 2 aromatic heterocycles. The van der Waals surface area contributed by atoms with E-state index in [2.05, 4.69) is 28.8 Å². The quantitative estimate of drug-likeness (QED) is 0.756. The molecule has 0 saturated carbocycles. The summed E-state index contributed by atoms with van der Waals surface area (Å²) in [7, 11) is -0.0499. The summed E-state index contributed by atoms with van der Waals surface area (Å²) in [6, 6.07) is 0. The average Bonchev–Trinajstić information content (AvgIpc) is 2.87. The maximum atomic E-state index is 11.5. The Kier molecular flexibility index (Phi) is 5.26. The van der Waals surface area contributed by atoms with Gasteiger partial charge in [-0.3, -0.25) is 4.79 Å². The molecule has 2 aromatic rings. The minimum atomic E-state index is -0.291. The van der Waals surface area contributed by atoms with E-state index in [-0.39, 0.29) is 19.6 Å². The number of aromatic nitrogens is 4. The monoisotopic (exact) mass is 296 g/mol. The number of aliphatic hydroxyl groups is 1. The number of nitrogens with one attached hydrogen (secondary N) is 1. The van der Waals surface area contributed by atoms with Crippen LogP contribution in [0.5, 0.6) is 0 Å². The first-order valence-corrected chi connectivity index (χ1v) is 8.84. The number of hydrogen-bond donors (Lipinski definition) is 2. The number of aliphatic hydroxyl groups excluding tert-OH is 1. The Labute approximate surface area is 119 Å². The summed E-state index contributed by atoms with van der Waals surface area (Å²) in [5.41, 5.74) is 0.704. The van der Waals surface area contributed by atoms with E-state index in [9.17, 15) is 9.90 Å². The zero-order chi connectivity index (χ0) is 14.5. The summed E-state index contributed by atoms with van der Waals surface area (Å²) in [6.45, 7) is 4.99. The lowest BCUT2D eigenvalue weighted by molar-refractivity contribution is 0.182. The molecule has 0 radical (unpaired) electrons. The summed E-state index contributed by atoms with van der Waals surface area (Å²) >= 11 is 0. The number of aromatic amines is 1. The molecule has 0 aliphatic carbocycles. The van der Waals surface area contributed by atoms with Gasteiger partial charge in [0.1, 0.15) is 0 Å². The summed E-state index contributed by atoms with van der Waals surface area (Å²) in [4.78, 5) is 22.2. The zero-order valence-electron chi connectivity index (χ0n) is 11.9. The van der Waals surface area contributed by atoms with Crippen LogP contribution < -0.4 is 5.56 Å². The molecule has 7 heteroatoms. The first kappa shape index (κ1) is 15.1. The molecule has 110 valence electrons. The highest BCUT2D eigenvalue weighted by molar-refractivity contribution is 7.57. The van der Waals surface area contributed by atoms with Gasteiger partial charge < -0.3 is 14.7 Å². The van der Waals surface area contributed by atoms with E-state index in [1.165, 1.54) is 6.33 Å². The van der Waals surface area contributed by atoms with Crippen LogP contribution in [0, 0.1) is 0 Å². The van der Waals surface area contributed by atoms with Crippen LogP contribution in [0.1, 0.15) is 20.3 Å². The molecule has 1 unspecified atom stereocenters. The number of imidazole rings is 1. The third-order valence-electron chi connectivity index (χ3n) is 3.47. The van der Waals surface area contributed by atoms with E-state index in [1.807, 2.05) is 4.57 Å². The van der Waals surface area contributed by atoms with Gasteiger partial charge in [0.15, 0.2) is 11.2 Å². The Bertz CT molecular complexity index is 606. The van der Waals surface area contributed by atoms with Crippen molar-refractivity contribution in [3.8, 4) is 0 Å². The Morgan fingerprint density at radius 1 is 1.40 bits per heavy atom. The summed E-state index contributed by atoms with van der Waals surface area (Å²) in [5.74, 6) is 0. The predicted molar refractivity (Wildman–Crippen MR) is 81.6 cm³/mol. The van der Waals surface area contributed by atoms with Gasteiger partial charge in [-0.1, -0.05) is 13.8 Å². The standard InChI is InChI=1S/C13H21N4O2P/c1-3-20(4-2)7-10(18)5-6-17-9-16-11-12(17)14-8-15-13(11)19/h8-10,18H,3-7H2,1-2H3,(H,14,15,19). The molecular weight excluding hydrogens is 275 g/mol. The molecule has 20 heavy (non-hydrogen) atoms. The minimum absolute atomic E-state index is 0.0499. The SMILES string of the molecule is CCP(CC)CC(O)CCn1cnc2c(=O)[nH]cnc21. The van der Waals surface area contributed by atoms with Gasteiger partial charge in [-0.25, -0.2) is 9.97 Å². The molecular formula is C13H21N4O2P. The van der Waals surface area contributed by atoms with Crippen molar-refractivity contribution in [3.63, 3.8) is 0 Å². The van der Waals surface area contributed by atoms with Crippen molar-refractivity contribution in [1.29, 1.82) is 0 Å². The van der Waals surface area contributed by atoms with Crippen molar-refractivity contribution in [3.05, 3.63) is 23.0 Å². The van der Waals surface area contributed by atoms with E-state index in [0.717, 1.165) is 18.5 Å². The molecule has 0 aliphatic rings. The van der Waals surface area contributed by atoms with Crippen molar-refractivity contribution in [1.82, 2.24) is 19.5 Å². The first-order valence-electron chi connectivity index (χ1n) is 6.94. The van der Waals surface area contributed by atoms with E-state index in [4.69, 9.17) is 0 Å². The van der Waals surface area contributed by atoms with Crippen LogP contribution in [0.25, 0.3) is 11.2 Å². The highest BCUT2D eigenvalue weighted by Gasteiger charge is 2.12. The molecule has 0 spiro atoms. The Morgan fingerprint density at radius 3 is 2.85 bits per heavy atom. The Balaban J connectivity index is 1.99. The van der Waals surface area contributed by atoms with E-state index < -0.39 is 0 Å². The molecule has 2 N–H and O–H groups in total. The fourth-order valence-electron chi connectivity index (χ4n) is 2.21. The molecule has 6 nitrogen and oxygen atoms in total. The summed E-state index contributed by atoms with van der Waals surface area (Å²) in [6.07, 6.45) is 6.58. The average molecular weight is 296 g/mol. The third-order valence-corrected chi connectivity index (χ3v) is 6.20. The highest BCUT2D eigenvalue weighted by atomic mass is 31.1. The van der Waals surface area contributed by atoms with Gasteiger partial charge >= 0.3 is 0 Å². The van der Waals surface area contributed by atoms with E-state index in [0.29, 0.717) is 24.1 Å². The van der Waals surface area contributed by atoms with Gasteiger partial charge in [-0.15, -0.1) is 7.92 Å². The lowest BCUT2D eigenvalue weighted by Crippen LogP contribution is -2.16. The normalized spacial score (nSPS) is 13.2. The molecule has 0 bridgehead atoms. The lowest BCUT2D eigenvalue weighted by Gasteiger charge is -2.18. The van der Waals surface area contributed by atoms with Gasteiger partial charge in [-0.05, 0) is 24.9 Å². The summed E-state index contributed by atoms with van der Waals surface area (Å²) < 4.78 is 1.83. The van der Waals surface area contributed by atoms with Gasteiger partial charge in [0.05, 0.1) is 18.8 Å². The molecule has 0 saturated heterocycles. The van der Waals surface area contributed by atoms with E-state index >= 15 is 0 Å². The van der Waals surface area contributed by atoms with Crippen LogP contribution in [-0.2, 0) is 6.54 Å². The number of nitrogens with zero attached hydrogens (tertiary/aromatic N) is 3. The van der Waals surface area contributed by atoms with Gasteiger partial charge in [0.2, 0.25) is 0 Å². The Hall–Kier alpha value is -1.26. The van der Waals surface area contributed by atoms with Crippen LogP contribution in [0.15, 0.2) is 17.4 Å². The van der Waals surface area contributed by atoms with Crippen LogP contribution >= 0.6 is 7.92 Å². The topological polar surface area (TPSA) is 83.8 Å². The van der Waals surface area contributed by atoms with Gasteiger partial charge in [0, 0.05) is 6.54 Å². The Morgan fingerprint density at radius 2 is 2.15 bits per heavy atom. The molecule has 2 heterocycles. The van der Waals surface area contributed by atoms with Crippen molar-refractivity contribution in [2.24, 2.45) is 0 Å². The van der Waals surface area contributed by atoms with Gasteiger partial charge in [-0.2, -0.15) is 0 Å². The van der Waals surface area contributed by atoms with Gasteiger partial charge in [0.25, 0.3) is 5.56 Å². The maximum absolute atomic E-state index is 11.5. The lowest BCUT2D eigenvalue weighted by atomic mass is 10.3. The molecule has 0 fully saturated rings. The fourth-order valence-corrected chi connectivity index (χ4v) is 3.96. The third kappa shape index (κ3) is 3.44. The largest absolute Gasteiger partial charge is 0.393 e. The first-order chi connectivity index (χ1) is 9.65. The molecule has 2 rings (SSSR count). The second-order valence-corrected chi connectivity index (χ2v) is 7.74. The van der Waals surface area contributed by atoms with Crippen LogP contribution in [0.2, 0.25) is 0 Å². The van der Waals surface area contributed by atoms with Crippen molar-refractivity contribution < 1.29 is 5.11 Å². The van der Waals surface area contributed by atoms with Crippen molar-refractivity contribution in [2.45, 2.75) is 32.9 Å². The molecule has 0 aromatic carbocycles. The predicted octanol–water partition coefficient (Wildman–Crippen LogP) is 1.39. The molecule has 0 aliphatic heterocycles. The number of H-pyrrole nitrogens is 1. The smallest absolute Gasteiger partial charge is 0.278 e. The second kappa shape index (κ2) is 6.95. The van der Waals surface area contributed by atoms with E-state index in [1.54, 1.807) is 6.33 Å². The van der Waals surface area contributed by atoms with Crippen LogP contribution in [0.4, 0.5) is 0 Å². The number of fused-ring (bicyclic) bond motifs is 1. The maximum Gasteiger partial charge on any atom is 0.278 e. The van der Waals surface area contributed by atoms with Crippen LogP contribution in [0.3, 0.4) is 0 Å². The minimum Gasteiger partial charge on any atom is -0.393 e. The van der Waals surface area contributed by atoms with Crippen LogP contribution in [-0.4, -0.2) is 49.2 Å².